The second-order valence-electron chi connectivity index (χ2n) is 8.54. The summed E-state index contributed by atoms with van der Waals surface area (Å²) in [6.07, 6.45) is 0.536. The van der Waals surface area contributed by atoms with E-state index < -0.39 is 5.97 Å². The lowest BCUT2D eigenvalue weighted by Gasteiger charge is -2.34. The molecule has 1 heterocycles. The topological polar surface area (TPSA) is 70.1 Å². The Kier molecular flexibility index (Phi) is 7.37. The maximum Gasteiger partial charge on any atom is 0.325 e. The lowest BCUT2D eigenvalue weighted by molar-refractivity contribution is -0.148. The molecule has 2 unspecified atom stereocenters. The van der Waals surface area contributed by atoms with Crippen LogP contribution in [0.15, 0.2) is 72.8 Å². The lowest BCUT2D eigenvalue weighted by Crippen LogP contribution is -2.44. The van der Waals surface area contributed by atoms with E-state index in [1.54, 1.807) is 4.90 Å². The number of benzene rings is 3. The fraction of sp³-hybridized carbons (Fsp3) is 0.333. The van der Waals surface area contributed by atoms with Crippen LogP contribution in [-0.4, -0.2) is 66.2 Å². The maximum atomic E-state index is 13.7. The third kappa shape index (κ3) is 5.59. The summed E-state index contributed by atoms with van der Waals surface area (Å²) in [5, 5.41) is 12.1. The fourth-order valence-corrected chi connectivity index (χ4v) is 4.57. The zero-order valence-electron chi connectivity index (χ0n) is 18.9. The van der Waals surface area contributed by atoms with Crippen LogP contribution in [0.2, 0.25) is 0 Å². The van der Waals surface area contributed by atoms with E-state index in [1.807, 2.05) is 72.8 Å². The van der Waals surface area contributed by atoms with Gasteiger partial charge in [0.05, 0.1) is 25.7 Å². The molecule has 0 aromatic heterocycles. The van der Waals surface area contributed by atoms with Crippen molar-refractivity contribution < 1.29 is 19.4 Å². The van der Waals surface area contributed by atoms with Gasteiger partial charge in [0, 0.05) is 19.6 Å². The highest BCUT2D eigenvalue weighted by atomic mass is 16.5. The molecule has 33 heavy (non-hydrogen) atoms. The number of hydrogen-bond donors (Lipinski definition) is 1. The minimum atomic E-state index is -0.455. The van der Waals surface area contributed by atoms with Crippen molar-refractivity contribution in [3.05, 3.63) is 83.9 Å². The SMILES string of the molecule is COC(=O)CN(C(=O)Cc1cccc2ccccc12)C(CN1CCC(O)C1)c1ccccc1. The standard InChI is InChI=1S/C27H30N2O4/c1-33-27(32)19-29(26(31)16-22-12-7-11-20-8-5-6-13-24(20)22)25(21-9-3-2-4-10-21)18-28-15-14-23(30)17-28/h2-13,23,25,30H,14-19H2,1H3. The Labute approximate surface area is 194 Å². The van der Waals surface area contributed by atoms with Crippen LogP contribution in [0.3, 0.4) is 0 Å². The van der Waals surface area contributed by atoms with Crippen molar-refractivity contribution in [1.82, 2.24) is 9.80 Å². The van der Waals surface area contributed by atoms with Gasteiger partial charge in [0.15, 0.2) is 0 Å². The number of carbonyl (C=O) groups is 2. The Bertz CT molecular complexity index is 1100. The summed E-state index contributed by atoms with van der Waals surface area (Å²) in [6.45, 7) is 1.73. The number of fused-ring (bicyclic) bond motifs is 1. The number of nitrogens with zero attached hydrogens (tertiary/aromatic N) is 2. The molecule has 0 radical (unpaired) electrons. The van der Waals surface area contributed by atoms with Gasteiger partial charge in [-0.25, -0.2) is 0 Å². The quantitative estimate of drug-likeness (QED) is 0.538. The van der Waals surface area contributed by atoms with Crippen LogP contribution in [0.1, 0.15) is 23.6 Å². The molecule has 1 aliphatic heterocycles. The van der Waals surface area contributed by atoms with Gasteiger partial charge < -0.3 is 14.7 Å². The number of likely N-dealkylation sites (tertiary alicyclic amines) is 1. The maximum absolute atomic E-state index is 13.7. The number of esters is 1. The van der Waals surface area contributed by atoms with Gasteiger partial charge in [-0.3, -0.25) is 14.5 Å². The van der Waals surface area contributed by atoms with E-state index in [-0.39, 0.29) is 31.0 Å². The molecule has 3 aromatic rings. The number of aliphatic hydroxyl groups excluding tert-OH is 1. The molecule has 1 amide bonds. The van der Waals surface area contributed by atoms with E-state index in [4.69, 9.17) is 4.74 Å². The molecule has 4 rings (SSSR count). The summed E-state index contributed by atoms with van der Waals surface area (Å²) in [7, 11) is 1.34. The molecule has 3 aromatic carbocycles. The first kappa shape index (κ1) is 23.0. The van der Waals surface area contributed by atoms with E-state index in [0.717, 1.165) is 28.4 Å². The zero-order chi connectivity index (χ0) is 23.2. The molecule has 0 aliphatic carbocycles. The van der Waals surface area contributed by atoms with Crippen molar-refractivity contribution in [2.24, 2.45) is 0 Å². The third-order valence-electron chi connectivity index (χ3n) is 6.31. The summed E-state index contributed by atoms with van der Waals surface area (Å²) in [5.74, 6) is -0.589. The highest BCUT2D eigenvalue weighted by Crippen LogP contribution is 2.26. The molecule has 1 N–H and O–H groups in total. The molecule has 1 aliphatic rings. The van der Waals surface area contributed by atoms with E-state index >= 15 is 0 Å². The largest absolute Gasteiger partial charge is 0.468 e. The number of rotatable bonds is 8. The molecular formula is C27H30N2O4. The van der Waals surface area contributed by atoms with Gasteiger partial charge in [-0.1, -0.05) is 72.8 Å². The summed E-state index contributed by atoms with van der Waals surface area (Å²) >= 11 is 0. The van der Waals surface area contributed by atoms with E-state index in [9.17, 15) is 14.7 Å². The van der Waals surface area contributed by atoms with Crippen LogP contribution in [-0.2, 0) is 20.7 Å². The number of aliphatic hydroxyl groups is 1. The normalized spacial score (nSPS) is 17.1. The average Bonchev–Trinajstić information content (AvgIpc) is 3.26. The average molecular weight is 447 g/mol. The predicted molar refractivity (Wildman–Crippen MR) is 128 cm³/mol. The molecule has 1 saturated heterocycles. The Balaban J connectivity index is 1.66. The number of methoxy groups -OCH3 is 1. The van der Waals surface area contributed by atoms with Gasteiger partial charge in [-0.2, -0.15) is 0 Å². The lowest BCUT2D eigenvalue weighted by atomic mass is 10.00. The van der Waals surface area contributed by atoms with E-state index in [0.29, 0.717) is 19.5 Å². The van der Waals surface area contributed by atoms with Gasteiger partial charge in [0.1, 0.15) is 6.54 Å². The highest BCUT2D eigenvalue weighted by Gasteiger charge is 2.31. The van der Waals surface area contributed by atoms with E-state index in [1.165, 1.54) is 7.11 Å². The Morgan fingerprint density at radius 2 is 1.79 bits per heavy atom. The van der Waals surface area contributed by atoms with Crippen molar-refractivity contribution in [2.45, 2.75) is 25.0 Å². The second-order valence-corrected chi connectivity index (χ2v) is 8.54. The molecule has 6 nitrogen and oxygen atoms in total. The Morgan fingerprint density at radius 3 is 2.52 bits per heavy atom. The number of β-amino-alcohol motifs (C(OH)–C–C–N with tert-alkyl or cyclic N) is 1. The van der Waals surface area contributed by atoms with Crippen LogP contribution in [0.5, 0.6) is 0 Å². The predicted octanol–water partition coefficient (Wildman–Crippen LogP) is 3.19. The van der Waals surface area contributed by atoms with Gasteiger partial charge in [0.25, 0.3) is 0 Å². The molecule has 172 valence electrons. The molecule has 0 spiro atoms. The highest BCUT2D eigenvalue weighted by molar-refractivity contribution is 5.91. The van der Waals surface area contributed by atoms with Crippen LogP contribution < -0.4 is 0 Å². The number of ether oxygens (including phenoxy) is 1. The van der Waals surface area contributed by atoms with Crippen molar-refractivity contribution in [3.8, 4) is 0 Å². The Hall–Kier alpha value is -3.22. The first-order valence-corrected chi connectivity index (χ1v) is 11.3. The summed E-state index contributed by atoms with van der Waals surface area (Å²) in [5.41, 5.74) is 1.88. The van der Waals surface area contributed by atoms with Gasteiger partial charge in [-0.15, -0.1) is 0 Å². The monoisotopic (exact) mass is 446 g/mol. The first-order chi connectivity index (χ1) is 16.0. The summed E-state index contributed by atoms with van der Waals surface area (Å²) in [6, 6.07) is 23.4. The van der Waals surface area contributed by atoms with Crippen LogP contribution in [0.4, 0.5) is 0 Å². The minimum Gasteiger partial charge on any atom is -0.468 e. The van der Waals surface area contributed by atoms with Crippen LogP contribution in [0, 0.1) is 0 Å². The van der Waals surface area contributed by atoms with Gasteiger partial charge in [-0.05, 0) is 28.3 Å². The number of hydrogen-bond acceptors (Lipinski definition) is 5. The molecule has 0 bridgehead atoms. The third-order valence-corrected chi connectivity index (χ3v) is 6.31. The van der Waals surface area contributed by atoms with Crippen LogP contribution in [0.25, 0.3) is 10.8 Å². The molecule has 6 heteroatoms. The van der Waals surface area contributed by atoms with Crippen molar-refractivity contribution in [1.29, 1.82) is 0 Å². The molecule has 2 atom stereocenters. The van der Waals surface area contributed by atoms with Crippen molar-refractivity contribution in [3.63, 3.8) is 0 Å². The van der Waals surface area contributed by atoms with Crippen molar-refractivity contribution >= 4 is 22.6 Å². The van der Waals surface area contributed by atoms with Gasteiger partial charge >= 0.3 is 5.97 Å². The molecule has 1 fully saturated rings. The summed E-state index contributed by atoms with van der Waals surface area (Å²) in [4.78, 5) is 29.8. The Morgan fingerprint density at radius 1 is 1.06 bits per heavy atom. The minimum absolute atomic E-state index is 0.129. The summed E-state index contributed by atoms with van der Waals surface area (Å²) < 4.78 is 4.94. The smallest absolute Gasteiger partial charge is 0.325 e. The second kappa shape index (κ2) is 10.6. The molecular weight excluding hydrogens is 416 g/mol. The molecule has 0 saturated carbocycles. The van der Waals surface area contributed by atoms with E-state index in [2.05, 4.69) is 4.90 Å². The van der Waals surface area contributed by atoms with Crippen molar-refractivity contribution in [2.75, 3.05) is 33.3 Å². The van der Waals surface area contributed by atoms with Gasteiger partial charge in [0.2, 0.25) is 5.91 Å². The number of amides is 1. The first-order valence-electron chi connectivity index (χ1n) is 11.3. The zero-order valence-corrected chi connectivity index (χ0v) is 18.9. The fourth-order valence-electron chi connectivity index (χ4n) is 4.57. The number of carbonyl (C=O) groups excluding carboxylic acids is 2. The van der Waals surface area contributed by atoms with Crippen LogP contribution >= 0.6 is 0 Å².